The van der Waals surface area contributed by atoms with E-state index in [0.717, 1.165) is 40.6 Å². The molecule has 31 heavy (non-hydrogen) atoms. The number of morpholine rings is 1. The number of fused-ring (bicyclic) bond motifs is 1. The number of benzene rings is 1. The van der Waals surface area contributed by atoms with Crippen molar-refractivity contribution < 1.29 is 9.53 Å². The lowest BCUT2D eigenvalue weighted by molar-refractivity contribution is 0.0949. The molecule has 1 aliphatic rings. The van der Waals surface area contributed by atoms with E-state index in [1.54, 1.807) is 11.8 Å². The summed E-state index contributed by atoms with van der Waals surface area (Å²) in [5.41, 5.74) is 1.50. The summed E-state index contributed by atoms with van der Waals surface area (Å²) in [7, 11) is 0. The normalized spacial score (nSPS) is 14.2. The summed E-state index contributed by atoms with van der Waals surface area (Å²) < 4.78 is 7.32. The Kier molecular flexibility index (Phi) is 7.31. The lowest BCUT2D eigenvalue weighted by Gasteiger charge is -2.28. The van der Waals surface area contributed by atoms with E-state index in [0.29, 0.717) is 37.0 Å². The summed E-state index contributed by atoms with van der Waals surface area (Å²) in [6.45, 7) is 6.07. The van der Waals surface area contributed by atoms with Gasteiger partial charge in [0.05, 0.1) is 36.9 Å². The number of carbonyl (C=O) groups excluding carboxylic acids is 1. The predicted molar refractivity (Wildman–Crippen MR) is 125 cm³/mol. The number of nitrogens with one attached hydrogen (secondary N) is 1. The van der Waals surface area contributed by atoms with Gasteiger partial charge in [-0.1, -0.05) is 30.8 Å². The molecule has 164 valence electrons. The Morgan fingerprint density at radius 1 is 1.23 bits per heavy atom. The number of carbonyl (C=O) groups is 1. The third-order valence-electron chi connectivity index (χ3n) is 4.99. The molecule has 0 saturated carbocycles. The molecule has 10 heteroatoms. The first kappa shape index (κ1) is 21.9. The van der Waals surface area contributed by atoms with Crippen molar-refractivity contribution in [1.82, 2.24) is 25.1 Å². The zero-order valence-electron chi connectivity index (χ0n) is 17.7. The Morgan fingerprint density at radius 2 is 2.03 bits per heavy atom. The van der Waals surface area contributed by atoms with Crippen LogP contribution in [0.5, 0.6) is 0 Å². The molecule has 0 bridgehead atoms. The van der Waals surface area contributed by atoms with Crippen molar-refractivity contribution in [3.8, 4) is 0 Å². The minimum atomic E-state index is -0.0681. The largest absolute Gasteiger partial charge is 0.378 e. The van der Waals surface area contributed by atoms with E-state index in [2.05, 4.69) is 27.2 Å². The zero-order valence-corrected chi connectivity index (χ0v) is 19.3. The zero-order chi connectivity index (χ0) is 21.6. The van der Waals surface area contributed by atoms with Crippen molar-refractivity contribution in [2.24, 2.45) is 0 Å². The molecule has 0 aliphatic carbocycles. The van der Waals surface area contributed by atoms with Gasteiger partial charge in [-0.2, -0.15) is 5.10 Å². The number of hydrogen-bond donors (Lipinski definition) is 1. The van der Waals surface area contributed by atoms with Crippen molar-refractivity contribution in [2.75, 3.05) is 49.8 Å². The number of rotatable bonds is 8. The third-order valence-corrected chi connectivity index (χ3v) is 6.49. The van der Waals surface area contributed by atoms with Gasteiger partial charge < -0.3 is 15.0 Å². The number of amides is 1. The Bertz CT molecular complexity index is 1050. The summed E-state index contributed by atoms with van der Waals surface area (Å²) in [5.74, 6) is 1.76. The fraction of sp³-hybridized carbons (Fsp3) is 0.429. The molecule has 8 nitrogen and oxygen atoms in total. The predicted octanol–water partition coefficient (Wildman–Crippen LogP) is 2.93. The number of thioether (sulfide) groups is 2. The van der Waals surface area contributed by atoms with E-state index < -0.39 is 0 Å². The van der Waals surface area contributed by atoms with Gasteiger partial charge in [0, 0.05) is 24.5 Å². The molecular formula is C21H26N6O2S2. The number of anilines is 1. The second kappa shape index (κ2) is 10.3. The highest BCUT2D eigenvalue weighted by molar-refractivity contribution is 7.99. The first-order valence-electron chi connectivity index (χ1n) is 10.3. The molecular weight excluding hydrogens is 432 g/mol. The highest BCUT2D eigenvalue weighted by atomic mass is 32.2. The Labute approximate surface area is 190 Å². The van der Waals surface area contributed by atoms with Crippen LogP contribution in [0, 0.1) is 0 Å². The van der Waals surface area contributed by atoms with E-state index in [-0.39, 0.29) is 5.91 Å². The smallest absolute Gasteiger partial charge is 0.252 e. The third kappa shape index (κ3) is 4.97. The van der Waals surface area contributed by atoms with Gasteiger partial charge in [-0.05, 0) is 24.1 Å². The lowest BCUT2D eigenvalue weighted by atomic mass is 10.2. The maximum atomic E-state index is 12.7. The summed E-state index contributed by atoms with van der Waals surface area (Å²) >= 11 is 3.18. The average molecular weight is 459 g/mol. The minimum absolute atomic E-state index is 0.0681. The van der Waals surface area contributed by atoms with E-state index in [1.165, 1.54) is 11.8 Å². The number of nitrogens with zero attached hydrogens (tertiary/aromatic N) is 5. The maximum Gasteiger partial charge on any atom is 0.252 e. The minimum Gasteiger partial charge on any atom is -0.378 e. The van der Waals surface area contributed by atoms with Crippen molar-refractivity contribution >= 4 is 46.3 Å². The molecule has 1 fully saturated rings. The first-order valence-corrected chi connectivity index (χ1v) is 12.5. The highest BCUT2D eigenvalue weighted by Crippen LogP contribution is 2.27. The molecule has 0 atom stereocenters. The van der Waals surface area contributed by atoms with Gasteiger partial charge >= 0.3 is 0 Å². The van der Waals surface area contributed by atoms with E-state index >= 15 is 0 Å². The second-order valence-corrected chi connectivity index (χ2v) is 9.00. The summed E-state index contributed by atoms with van der Waals surface area (Å²) in [6.07, 6.45) is 3.79. The summed E-state index contributed by atoms with van der Waals surface area (Å²) in [6, 6.07) is 7.70. The van der Waals surface area contributed by atoms with Gasteiger partial charge in [0.1, 0.15) is 5.82 Å². The van der Waals surface area contributed by atoms with Gasteiger partial charge in [-0.3, -0.25) is 4.79 Å². The summed E-state index contributed by atoms with van der Waals surface area (Å²) in [5, 5.41) is 9.19. The van der Waals surface area contributed by atoms with Crippen LogP contribution in [0.4, 0.5) is 5.82 Å². The topological polar surface area (TPSA) is 85.2 Å². The van der Waals surface area contributed by atoms with Crippen LogP contribution >= 0.6 is 23.5 Å². The van der Waals surface area contributed by atoms with Crippen LogP contribution in [0.2, 0.25) is 0 Å². The fourth-order valence-electron chi connectivity index (χ4n) is 3.50. The van der Waals surface area contributed by atoms with E-state index in [1.807, 2.05) is 41.4 Å². The molecule has 2 aromatic heterocycles. The Hall–Kier alpha value is -2.30. The van der Waals surface area contributed by atoms with Crippen LogP contribution in [-0.2, 0) is 11.3 Å². The van der Waals surface area contributed by atoms with Crippen molar-refractivity contribution in [2.45, 2.75) is 23.5 Å². The molecule has 0 unspecified atom stereocenters. The summed E-state index contributed by atoms with van der Waals surface area (Å²) in [4.78, 5) is 25.3. The molecule has 1 saturated heterocycles. The second-order valence-electron chi connectivity index (χ2n) is 6.92. The van der Waals surface area contributed by atoms with E-state index in [9.17, 15) is 4.79 Å². The van der Waals surface area contributed by atoms with Gasteiger partial charge in [-0.15, -0.1) is 11.8 Å². The van der Waals surface area contributed by atoms with Crippen LogP contribution in [-0.4, -0.2) is 70.5 Å². The Morgan fingerprint density at radius 3 is 2.81 bits per heavy atom. The number of aromatic nitrogens is 4. The van der Waals surface area contributed by atoms with Crippen LogP contribution in [0.15, 0.2) is 40.5 Å². The number of ether oxygens (including phenoxy) is 1. The van der Waals surface area contributed by atoms with Crippen LogP contribution in [0.1, 0.15) is 17.3 Å². The SMILES string of the molecule is CCSc1ccccc1C(=O)NCCn1ncc2c(N3CCOCC3)nc(SC)nc21. The fourth-order valence-corrected chi connectivity index (χ4v) is 4.66. The molecule has 0 radical (unpaired) electrons. The molecule has 3 aromatic rings. The van der Waals surface area contributed by atoms with Crippen LogP contribution in [0.3, 0.4) is 0 Å². The molecule has 3 heterocycles. The van der Waals surface area contributed by atoms with Crippen LogP contribution in [0.25, 0.3) is 11.0 Å². The standard InChI is InChI=1S/C21H26N6O2S2/c1-3-31-17-7-5-4-6-15(17)20(28)22-8-9-27-19-16(14-23-27)18(24-21(25-19)30-2)26-10-12-29-13-11-26/h4-7,14H,3,8-13H2,1-2H3,(H,22,28). The Balaban J connectivity index is 1.50. The average Bonchev–Trinajstić information content (AvgIpc) is 3.22. The van der Waals surface area contributed by atoms with Crippen molar-refractivity contribution in [1.29, 1.82) is 0 Å². The lowest BCUT2D eigenvalue weighted by Crippen LogP contribution is -2.37. The van der Waals surface area contributed by atoms with Gasteiger partial charge in [-0.25, -0.2) is 14.6 Å². The maximum absolute atomic E-state index is 12.7. The quantitative estimate of drug-likeness (QED) is 0.407. The first-order chi connectivity index (χ1) is 15.2. The van der Waals surface area contributed by atoms with E-state index in [4.69, 9.17) is 9.72 Å². The van der Waals surface area contributed by atoms with Crippen molar-refractivity contribution in [3.05, 3.63) is 36.0 Å². The van der Waals surface area contributed by atoms with Gasteiger partial charge in [0.2, 0.25) is 0 Å². The molecule has 1 aromatic carbocycles. The molecule has 1 amide bonds. The monoisotopic (exact) mass is 458 g/mol. The van der Waals surface area contributed by atoms with Gasteiger partial charge in [0.25, 0.3) is 5.91 Å². The van der Waals surface area contributed by atoms with Gasteiger partial charge in [0.15, 0.2) is 10.8 Å². The molecule has 1 N–H and O–H groups in total. The van der Waals surface area contributed by atoms with Crippen LogP contribution < -0.4 is 10.2 Å². The highest BCUT2D eigenvalue weighted by Gasteiger charge is 2.20. The van der Waals surface area contributed by atoms with Crippen molar-refractivity contribution in [3.63, 3.8) is 0 Å². The molecule has 1 aliphatic heterocycles. The number of hydrogen-bond acceptors (Lipinski definition) is 8. The molecule has 4 rings (SSSR count). The molecule has 0 spiro atoms.